The van der Waals surface area contributed by atoms with Crippen LogP contribution >= 0.6 is 0 Å². The average Bonchev–Trinajstić information content (AvgIpc) is 2.37. The van der Waals surface area contributed by atoms with E-state index >= 15 is 0 Å². The van der Waals surface area contributed by atoms with Gasteiger partial charge in [0.15, 0.2) is 0 Å². The van der Waals surface area contributed by atoms with Crippen LogP contribution in [-0.4, -0.2) is 32.5 Å². The van der Waals surface area contributed by atoms with Gasteiger partial charge in [-0.05, 0) is 0 Å². The highest BCUT2D eigenvalue weighted by molar-refractivity contribution is 5.82. The average molecular weight is 159 g/mol. The summed E-state index contributed by atoms with van der Waals surface area (Å²) in [5, 5.41) is 11.8. The Kier molecular flexibility index (Phi) is 2.15. The van der Waals surface area contributed by atoms with Gasteiger partial charge >= 0.3 is 5.97 Å². The molecule has 0 unspecified atom stereocenters. The first-order valence-electron chi connectivity index (χ1n) is 2.92. The molecule has 0 saturated carbocycles. The summed E-state index contributed by atoms with van der Waals surface area (Å²) in [7, 11) is 0. The molecule has 1 rings (SSSR count). The van der Waals surface area contributed by atoms with Crippen molar-refractivity contribution < 1.29 is 14.3 Å². The van der Waals surface area contributed by atoms with Crippen molar-refractivity contribution in [3.63, 3.8) is 0 Å². The van der Waals surface area contributed by atoms with Crippen molar-refractivity contribution in [2.75, 3.05) is 6.67 Å². The number of nitrogens with zero attached hydrogens (tertiary/aromatic N) is 3. The number of carbonyl (C=O) groups is 1. The van der Waals surface area contributed by atoms with E-state index in [9.17, 15) is 9.18 Å². The largest absolute Gasteiger partial charge is 0.475 e. The van der Waals surface area contributed by atoms with Crippen molar-refractivity contribution in [3.05, 3.63) is 12.2 Å². The van der Waals surface area contributed by atoms with Crippen LogP contribution in [0.25, 0.3) is 0 Å². The monoisotopic (exact) mass is 159 g/mol. The summed E-state index contributed by atoms with van der Waals surface area (Å²) in [5.74, 6) is -1.51. The molecule has 6 heteroatoms. The molecule has 1 aromatic rings. The lowest BCUT2D eigenvalue weighted by Crippen LogP contribution is -2.04. The molecule has 1 heterocycles. The van der Waals surface area contributed by atoms with Crippen LogP contribution in [0.1, 0.15) is 10.6 Å². The molecule has 0 aliphatic heterocycles. The molecule has 0 fully saturated rings. The van der Waals surface area contributed by atoms with Gasteiger partial charge in [-0.3, -0.25) is 0 Å². The maximum Gasteiger partial charge on any atom is 0.375 e. The normalized spacial score (nSPS) is 9.91. The summed E-state index contributed by atoms with van der Waals surface area (Å²) >= 11 is 0. The molecular weight excluding hydrogens is 153 g/mol. The molecule has 60 valence electrons. The summed E-state index contributed by atoms with van der Waals surface area (Å²) in [5.41, 5.74) is 0. The number of hydrogen-bond acceptors (Lipinski definition) is 3. The second kappa shape index (κ2) is 3.09. The minimum absolute atomic E-state index is 0.0419. The van der Waals surface area contributed by atoms with Gasteiger partial charge in [-0.25, -0.2) is 18.9 Å². The maximum atomic E-state index is 11.7. The number of carboxylic acids is 1. The van der Waals surface area contributed by atoms with Gasteiger partial charge in [0.1, 0.15) is 13.0 Å². The van der Waals surface area contributed by atoms with Crippen LogP contribution in [0.5, 0.6) is 0 Å². The Morgan fingerprint density at radius 1 is 1.82 bits per heavy atom. The summed E-state index contributed by atoms with van der Waals surface area (Å²) in [4.78, 5) is 13.6. The van der Waals surface area contributed by atoms with Crippen molar-refractivity contribution in [2.45, 2.75) is 6.54 Å². The number of carboxylic acid groups (broad SMARTS) is 1. The standard InChI is InChI=1S/C5H6FN3O2/c6-1-2-9-3-7-4(8-9)5(10)11/h3H,1-2H2,(H,10,11). The molecule has 11 heavy (non-hydrogen) atoms. The van der Waals surface area contributed by atoms with Gasteiger partial charge in [-0.1, -0.05) is 0 Å². The van der Waals surface area contributed by atoms with E-state index in [0.717, 1.165) is 4.68 Å². The van der Waals surface area contributed by atoms with E-state index in [1.165, 1.54) is 6.33 Å². The van der Waals surface area contributed by atoms with Crippen LogP contribution in [0.4, 0.5) is 4.39 Å². The lowest BCUT2D eigenvalue weighted by atomic mass is 10.7. The Morgan fingerprint density at radius 3 is 3.00 bits per heavy atom. The van der Waals surface area contributed by atoms with Crippen LogP contribution in [0.3, 0.4) is 0 Å². The van der Waals surface area contributed by atoms with Gasteiger partial charge in [-0.15, -0.1) is 5.10 Å². The second-order valence-corrected chi connectivity index (χ2v) is 1.83. The molecule has 0 bridgehead atoms. The van der Waals surface area contributed by atoms with Crippen LogP contribution in [0.2, 0.25) is 0 Å². The van der Waals surface area contributed by atoms with Crippen molar-refractivity contribution in [1.82, 2.24) is 14.8 Å². The van der Waals surface area contributed by atoms with Crippen LogP contribution in [-0.2, 0) is 6.54 Å². The molecule has 0 aliphatic rings. The quantitative estimate of drug-likeness (QED) is 0.671. The predicted octanol–water partition coefficient (Wildman–Crippen LogP) is -0.0542. The Labute approximate surface area is 61.5 Å². The number of rotatable bonds is 3. The van der Waals surface area contributed by atoms with E-state index in [4.69, 9.17) is 5.11 Å². The fourth-order valence-electron chi connectivity index (χ4n) is 0.587. The summed E-state index contributed by atoms with van der Waals surface area (Å²) in [6.45, 7) is -0.539. The van der Waals surface area contributed by atoms with Gasteiger partial charge in [0, 0.05) is 0 Å². The highest BCUT2D eigenvalue weighted by Gasteiger charge is 2.07. The molecule has 0 saturated heterocycles. The SMILES string of the molecule is O=C(O)c1ncn(CCF)n1. The predicted molar refractivity (Wildman–Crippen MR) is 33.0 cm³/mol. The van der Waals surface area contributed by atoms with Crippen molar-refractivity contribution in [2.24, 2.45) is 0 Å². The minimum atomic E-state index is -1.21. The smallest absolute Gasteiger partial charge is 0.375 e. The maximum absolute atomic E-state index is 11.7. The molecule has 1 aromatic heterocycles. The molecule has 5 nitrogen and oxygen atoms in total. The van der Waals surface area contributed by atoms with E-state index in [1.54, 1.807) is 0 Å². The molecule has 0 radical (unpaired) electrons. The van der Waals surface area contributed by atoms with Gasteiger partial charge in [0.25, 0.3) is 5.82 Å². The second-order valence-electron chi connectivity index (χ2n) is 1.83. The Morgan fingerprint density at radius 2 is 2.55 bits per heavy atom. The molecule has 0 spiro atoms. The highest BCUT2D eigenvalue weighted by atomic mass is 19.1. The minimum Gasteiger partial charge on any atom is -0.475 e. The zero-order valence-corrected chi connectivity index (χ0v) is 5.57. The lowest BCUT2D eigenvalue weighted by Gasteiger charge is -1.90. The third-order valence-corrected chi connectivity index (χ3v) is 1.04. The van der Waals surface area contributed by atoms with Crippen LogP contribution < -0.4 is 0 Å². The van der Waals surface area contributed by atoms with Crippen LogP contribution in [0, 0.1) is 0 Å². The van der Waals surface area contributed by atoms with Gasteiger partial charge in [0.2, 0.25) is 0 Å². The van der Waals surface area contributed by atoms with E-state index < -0.39 is 12.6 Å². The van der Waals surface area contributed by atoms with Gasteiger partial charge < -0.3 is 5.11 Å². The number of aromatic nitrogens is 3. The fourth-order valence-corrected chi connectivity index (χ4v) is 0.587. The number of aryl methyl sites for hydroxylation is 1. The first kappa shape index (κ1) is 7.64. The fraction of sp³-hybridized carbons (Fsp3) is 0.400. The molecular formula is C5H6FN3O2. The van der Waals surface area contributed by atoms with Crippen molar-refractivity contribution in [1.29, 1.82) is 0 Å². The molecule has 0 aromatic carbocycles. The molecule has 1 N–H and O–H groups in total. The van der Waals surface area contributed by atoms with Gasteiger partial charge in [0.05, 0.1) is 6.54 Å². The van der Waals surface area contributed by atoms with E-state index in [2.05, 4.69) is 10.1 Å². The van der Waals surface area contributed by atoms with Gasteiger partial charge in [-0.2, -0.15) is 0 Å². The summed E-state index contributed by atoms with van der Waals surface area (Å²) in [6.07, 6.45) is 1.18. The molecule has 0 amide bonds. The number of aromatic carboxylic acids is 1. The highest BCUT2D eigenvalue weighted by Crippen LogP contribution is 1.89. The zero-order chi connectivity index (χ0) is 8.27. The molecule has 0 atom stereocenters. The number of alkyl halides is 1. The number of halogens is 1. The van der Waals surface area contributed by atoms with Crippen molar-refractivity contribution >= 4 is 5.97 Å². The Bertz CT molecular complexity index is 260. The first-order valence-corrected chi connectivity index (χ1v) is 2.92. The Balaban J connectivity index is 2.73. The summed E-state index contributed by atoms with van der Waals surface area (Å²) < 4.78 is 12.8. The lowest BCUT2D eigenvalue weighted by molar-refractivity contribution is 0.0683. The third kappa shape index (κ3) is 1.73. The van der Waals surface area contributed by atoms with Crippen molar-refractivity contribution in [3.8, 4) is 0 Å². The third-order valence-electron chi connectivity index (χ3n) is 1.04. The zero-order valence-electron chi connectivity index (χ0n) is 5.57. The Hall–Kier alpha value is -1.46. The topological polar surface area (TPSA) is 68.0 Å². The van der Waals surface area contributed by atoms with E-state index in [0.29, 0.717) is 0 Å². The number of hydrogen-bond donors (Lipinski definition) is 1. The molecule has 0 aliphatic carbocycles. The van der Waals surface area contributed by atoms with Crippen LogP contribution in [0.15, 0.2) is 6.33 Å². The van der Waals surface area contributed by atoms with E-state index in [-0.39, 0.29) is 12.4 Å². The first-order chi connectivity index (χ1) is 5.24. The summed E-state index contributed by atoms with van der Waals surface area (Å²) in [6, 6.07) is 0. The van der Waals surface area contributed by atoms with E-state index in [1.807, 2.05) is 0 Å².